The Labute approximate surface area is 150 Å². The van der Waals surface area contributed by atoms with Crippen LogP contribution in [0.15, 0.2) is 65.8 Å². The van der Waals surface area contributed by atoms with E-state index >= 15 is 0 Å². The van der Waals surface area contributed by atoms with Crippen molar-refractivity contribution in [2.45, 2.75) is 12.8 Å². The molecule has 0 fully saturated rings. The minimum atomic E-state index is 0.700. The van der Waals surface area contributed by atoms with Crippen LogP contribution in [0.2, 0.25) is 10.0 Å². The van der Waals surface area contributed by atoms with E-state index in [-0.39, 0.29) is 0 Å². The van der Waals surface area contributed by atoms with E-state index in [9.17, 15) is 0 Å². The Bertz CT molecular complexity index is 931. The zero-order valence-electron chi connectivity index (χ0n) is 12.8. The highest BCUT2D eigenvalue weighted by atomic mass is 35.5. The lowest BCUT2D eigenvalue weighted by molar-refractivity contribution is 0.955. The highest BCUT2D eigenvalue weighted by Gasteiger charge is 2.20. The summed E-state index contributed by atoms with van der Waals surface area (Å²) in [7, 11) is 0. The third-order valence-electron chi connectivity index (χ3n) is 4.17. The number of nitrogens with zero attached hydrogens (tertiary/aromatic N) is 2. The van der Waals surface area contributed by atoms with Gasteiger partial charge >= 0.3 is 0 Å². The van der Waals surface area contributed by atoms with Gasteiger partial charge in [-0.1, -0.05) is 35.3 Å². The lowest BCUT2D eigenvalue weighted by atomic mass is 10.0. The van der Waals surface area contributed by atoms with Crippen molar-refractivity contribution >= 4 is 34.6 Å². The number of aryl methyl sites for hydroxylation is 2. The van der Waals surface area contributed by atoms with Crippen LogP contribution in [-0.4, -0.2) is 10.7 Å². The molecule has 0 saturated heterocycles. The van der Waals surface area contributed by atoms with Gasteiger partial charge in [-0.05, 0) is 66.4 Å². The van der Waals surface area contributed by atoms with E-state index in [0.29, 0.717) is 5.02 Å². The van der Waals surface area contributed by atoms with Crippen LogP contribution in [0.25, 0.3) is 0 Å². The summed E-state index contributed by atoms with van der Waals surface area (Å²) in [5, 5.41) is 1.45. The fourth-order valence-electron chi connectivity index (χ4n) is 3.01. The summed E-state index contributed by atoms with van der Waals surface area (Å²) < 4.78 is 0. The molecular weight excluding hydrogens is 339 g/mol. The summed E-state index contributed by atoms with van der Waals surface area (Å²) in [6.07, 6.45) is 3.67. The lowest BCUT2D eigenvalue weighted by Gasteiger charge is -2.10. The number of halogens is 2. The zero-order chi connectivity index (χ0) is 16.5. The van der Waals surface area contributed by atoms with Gasteiger partial charge in [0.15, 0.2) is 0 Å². The highest BCUT2D eigenvalue weighted by molar-refractivity contribution is 6.31. The molecule has 0 N–H and O–H groups in total. The number of hydrogen-bond donors (Lipinski definition) is 0. The summed E-state index contributed by atoms with van der Waals surface area (Å²) in [5.41, 5.74) is 6.18. The number of benzene rings is 2. The Balaban J connectivity index is 1.95. The van der Waals surface area contributed by atoms with E-state index in [1.54, 1.807) is 0 Å². The maximum atomic E-state index is 6.20. The normalized spacial score (nSPS) is 14.8. The Kier molecular flexibility index (Phi) is 4.09. The molecule has 0 radical (unpaired) electrons. The van der Waals surface area contributed by atoms with Crippen molar-refractivity contribution in [1.82, 2.24) is 4.98 Å². The second kappa shape index (κ2) is 6.39. The predicted molar refractivity (Wildman–Crippen MR) is 99.8 cm³/mol. The summed E-state index contributed by atoms with van der Waals surface area (Å²) in [6.45, 7) is 0. The molecule has 118 valence electrons. The fourth-order valence-corrected chi connectivity index (χ4v) is 3.33. The molecule has 4 rings (SSSR count). The Hall–Kier alpha value is -2.16. The molecule has 4 heteroatoms. The van der Waals surface area contributed by atoms with Crippen LogP contribution < -0.4 is 0 Å². The average molecular weight is 353 g/mol. The van der Waals surface area contributed by atoms with Gasteiger partial charge in [0.25, 0.3) is 0 Å². The SMILES string of the molecule is Clc1ccc(N=C2c3ccc(Cl)cc3CCc3cccnc32)cc1. The fraction of sp³-hybridized carbons (Fsp3) is 0.100. The van der Waals surface area contributed by atoms with Crippen LogP contribution in [0.3, 0.4) is 0 Å². The van der Waals surface area contributed by atoms with Gasteiger partial charge in [-0.25, -0.2) is 4.99 Å². The molecule has 1 aliphatic carbocycles. The van der Waals surface area contributed by atoms with Gasteiger partial charge in [-0.3, -0.25) is 4.98 Å². The second-order valence-electron chi connectivity index (χ2n) is 5.75. The monoisotopic (exact) mass is 352 g/mol. The molecule has 1 aromatic heterocycles. The number of hydrogen-bond acceptors (Lipinski definition) is 2. The molecule has 24 heavy (non-hydrogen) atoms. The molecule has 2 aromatic carbocycles. The molecule has 0 aliphatic heterocycles. The first-order valence-corrected chi connectivity index (χ1v) is 8.53. The molecule has 0 saturated carbocycles. The van der Waals surface area contributed by atoms with Gasteiger partial charge in [0, 0.05) is 21.8 Å². The van der Waals surface area contributed by atoms with Gasteiger partial charge in [-0.2, -0.15) is 0 Å². The van der Waals surface area contributed by atoms with Crippen LogP contribution in [-0.2, 0) is 12.8 Å². The summed E-state index contributed by atoms with van der Waals surface area (Å²) in [4.78, 5) is 9.49. The number of pyridine rings is 1. The quantitative estimate of drug-likeness (QED) is 0.554. The van der Waals surface area contributed by atoms with Gasteiger partial charge in [-0.15, -0.1) is 0 Å². The minimum absolute atomic E-state index is 0.700. The maximum Gasteiger partial charge on any atom is 0.0971 e. The van der Waals surface area contributed by atoms with Crippen molar-refractivity contribution in [3.63, 3.8) is 0 Å². The van der Waals surface area contributed by atoms with E-state index in [1.807, 2.05) is 54.7 Å². The van der Waals surface area contributed by atoms with Crippen LogP contribution in [0, 0.1) is 0 Å². The van der Waals surface area contributed by atoms with Gasteiger partial charge in [0.1, 0.15) is 0 Å². The molecule has 0 amide bonds. The first-order valence-electron chi connectivity index (χ1n) is 7.78. The summed E-state index contributed by atoms with van der Waals surface area (Å²) in [5.74, 6) is 0. The lowest BCUT2D eigenvalue weighted by Crippen LogP contribution is -2.08. The molecule has 0 bridgehead atoms. The smallest absolute Gasteiger partial charge is 0.0971 e. The predicted octanol–water partition coefficient (Wildman–Crippen LogP) is 5.66. The number of aliphatic imine (C=N–C) groups is 1. The number of fused-ring (bicyclic) bond motifs is 2. The van der Waals surface area contributed by atoms with E-state index in [2.05, 4.69) is 11.1 Å². The van der Waals surface area contributed by atoms with E-state index in [4.69, 9.17) is 28.2 Å². The van der Waals surface area contributed by atoms with Crippen LogP contribution in [0.4, 0.5) is 5.69 Å². The molecular formula is C20H14Cl2N2. The van der Waals surface area contributed by atoms with Gasteiger partial charge in [0.05, 0.1) is 17.1 Å². The van der Waals surface area contributed by atoms with E-state index in [1.165, 1.54) is 11.1 Å². The Morgan fingerprint density at radius 1 is 0.833 bits per heavy atom. The van der Waals surface area contributed by atoms with Crippen LogP contribution in [0.5, 0.6) is 0 Å². The Morgan fingerprint density at radius 3 is 2.42 bits per heavy atom. The molecule has 0 spiro atoms. The largest absolute Gasteiger partial charge is 0.254 e. The third-order valence-corrected chi connectivity index (χ3v) is 4.66. The minimum Gasteiger partial charge on any atom is -0.254 e. The molecule has 3 aromatic rings. The molecule has 2 nitrogen and oxygen atoms in total. The standard InChI is InChI=1S/C20H14Cl2N2/c21-15-5-8-17(9-6-15)24-20-18-10-7-16(22)12-14(18)4-3-13-2-1-11-23-19(13)20/h1-2,5-12H,3-4H2. The van der Waals surface area contributed by atoms with Crippen LogP contribution >= 0.6 is 23.2 Å². The molecule has 1 aliphatic rings. The molecule has 1 heterocycles. The maximum absolute atomic E-state index is 6.20. The zero-order valence-corrected chi connectivity index (χ0v) is 14.3. The van der Waals surface area contributed by atoms with Gasteiger partial charge < -0.3 is 0 Å². The van der Waals surface area contributed by atoms with Gasteiger partial charge in [0.2, 0.25) is 0 Å². The van der Waals surface area contributed by atoms with E-state index < -0.39 is 0 Å². The third kappa shape index (κ3) is 2.95. The van der Waals surface area contributed by atoms with Crippen molar-refractivity contribution in [2.24, 2.45) is 4.99 Å². The average Bonchev–Trinajstić information content (AvgIpc) is 2.74. The van der Waals surface area contributed by atoms with Crippen molar-refractivity contribution in [3.05, 3.63) is 93.2 Å². The molecule has 0 unspecified atom stereocenters. The first kappa shape index (κ1) is 15.4. The second-order valence-corrected chi connectivity index (χ2v) is 6.62. The van der Waals surface area contributed by atoms with E-state index in [0.717, 1.165) is 40.5 Å². The Morgan fingerprint density at radius 2 is 1.58 bits per heavy atom. The molecule has 0 atom stereocenters. The van der Waals surface area contributed by atoms with Crippen molar-refractivity contribution in [2.75, 3.05) is 0 Å². The number of rotatable bonds is 1. The summed E-state index contributed by atoms with van der Waals surface area (Å²) in [6, 6.07) is 17.6. The van der Waals surface area contributed by atoms with Crippen molar-refractivity contribution in [3.8, 4) is 0 Å². The van der Waals surface area contributed by atoms with Crippen molar-refractivity contribution < 1.29 is 0 Å². The highest BCUT2D eigenvalue weighted by Crippen LogP contribution is 2.28. The summed E-state index contributed by atoms with van der Waals surface area (Å²) >= 11 is 12.2. The topological polar surface area (TPSA) is 25.2 Å². The van der Waals surface area contributed by atoms with Crippen LogP contribution in [0.1, 0.15) is 22.4 Å². The number of aromatic nitrogens is 1. The van der Waals surface area contributed by atoms with Crippen molar-refractivity contribution in [1.29, 1.82) is 0 Å². The first-order chi connectivity index (χ1) is 11.7.